The maximum absolute atomic E-state index is 10.8. The molecule has 0 aliphatic heterocycles. The van der Waals surface area contributed by atoms with Crippen LogP contribution in [0.25, 0.3) is 10.3 Å². The lowest BCUT2D eigenvalue weighted by Crippen LogP contribution is -2.06. The summed E-state index contributed by atoms with van der Waals surface area (Å²) in [6.07, 6.45) is 0. The van der Waals surface area contributed by atoms with Crippen molar-refractivity contribution < 1.29 is 4.79 Å². The first kappa shape index (κ1) is 8.89. The normalized spacial score (nSPS) is 10.4. The lowest BCUT2D eigenvalue weighted by molar-refractivity contribution is -0.114. The largest absolute Gasteiger partial charge is 0.375 e. The topological polar surface area (TPSA) is 80.9 Å². The smallest absolute Gasteiger partial charge is 0.222 e. The first-order chi connectivity index (χ1) is 6.65. The van der Waals surface area contributed by atoms with Crippen LogP contribution in [0.3, 0.4) is 0 Å². The second kappa shape index (κ2) is 3.22. The third kappa shape index (κ3) is 1.64. The molecule has 0 aliphatic rings. The summed E-state index contributed by atoms with van der Waals surface area (Å²) in [4.78, 5) is 19.7. The molecule has 0 unspecified atom stereocenters. The van der Waals surface area contributed by atoms with Crippen LogP contribution in [0.4, 0.5) is 10.9 Å². The molecule has 0 atom stereocenters. The Morgan fingerprint density at radius 2 is 2.29 bits per heavy atom. The van der Waals surface area contributed by atoms with E-state index in [2.05, 4.69) is 15.3 Å². The van der Waals surface area contributed by atoms with E-state index in [0.29, 0.717) is 10.9 Å². The van der Waals surface area contributed by atoms with Crippen molar-refractivity contribution in [3.63, 3.8) is 0 Å². The average Bonchev–Trinajstić information content (AvgIpc) is 2.42. The molecule has 3 N–H and O–H groups in total. The van der Waals surface area contributed by atoms with E-state index in [1.165, 1.54) is 18.3 Å². The second-order valence-electron chi connectivity index (χ2n) is 2.75. The van der Waals surface area contributed by atoms with Gasteiger partial charge in [0.15, 0.2) is 5.13 Å². The fourth-order valence-corrected chi connectivity index (χ4v) is 1.79. The van der Waals surface area contributed by atoms with E-state index in [1.807, 2.05) is 0 Å². The Bertz CT molecular complexity index is 493. The highest BCUT2D eigenvalue weighted by Gasteiger charge is 2.03. The highest BCUT2D eigenvalue weighted by atomic mass is 32.1. The fourth-order valence-electron chi connectivity index (χ4n) is 1.08. The third-order valence-corrected chi connectivity index (χ3v) is 2.37. The van der Waals surface area contributed by atoms with Crippen LogP contribution in [0, 0.1) is 0 Å². The first-order valence-electron chi connectivity index (χ1n) is 3.96. The van der Waals surface area contributed by atoms with Gasteiger partial charge in [0, 0.05) is 6.92 Å². The summed E-state index contributed by atoms with van der Waals surface area (Å²) < 4.78 is 0. The van der Waals surface area contributed by atoms with E-state index in [1.54, 1.807) is 12.1 Å². The highest BCUT2D eigenvalue weighted by Crippen LogP contribution is 2.22. The Morgan fingerprint density at radius 3 is 3.00 bits per heavy atom. The number of amides is 1. The van der Waals surface area contributed by atoms with Gasteiger partial charge in [-0.15, -0.1) is 0 Å². The van der Waals surface area contributed by atoms with Gasteiger partial charge in [-0.3, -0.25) is 4.79 Å². The fraction of sp³-hybridized carbons (Fsp3) is 0.125. The van der Waals surface area contributed by atoms with Crippen LogP contribution < -0.4 is 11.1 Å². The molecule has 0 radical (unpaired) electrons. The Morgan fingerprint density at radius 1 is 1.50 bits per heavy atom. The molecule has 2 aromatic heterocycles. The van der Waals surface area contributed by atoms with Crippen LogP contribution >= 0.6 is 11.3 Å². The van der Waals surface area contributed by atoms with Crippen LogP contribution in [0.1, 0.15) is 6.92 Å². The molecule has 0 bridgehead atoms. The molecule has 0 fully saturated rings. The number of hydrogen-bond donors (Lipinski definition) is 2. The van der Waals surface area contributed by atoms with Crippen molar-refractivity contribution in [2.45, 2.75) is 6.92 Å². The molecular formula is C8H8N4OS. The van der Waals surface area contributed by atoms with Gasteiger partial charge >= 0.3 is 0 Å². The number of pyridine rings is 1. The van der Waals surface area contributed by atoms with Gasteiger partial charge < -0.3 is 11.1 Å². The Labute approximate surface area is 84.0 Å². The number of carbonyl (C=O) groups is 1. The lowest BCUT2D eigenvalue weighted by atomic mass is 10.4. The van der Waals surface area contributed by atoms with Gasteiger partial charge in [0.2, 0.25) is 5.91 Å². The van der Waals surface area contributed by atoms with Gasteiger partial charge in [-0.2, -0.15) is 0 Å². The van der Waals surface area contributed by atoms with Gasteiger partial charge in [-0.05, 0) is 12.1 Å². The maximum Gasteiger partial charge on any atom is 0.222 e. The van der Waals surface area contributed by atoms with E-state index in [0.717, 1.165) is 10.3 Å². The number of nitrogens with two attached hydrogens (primary N) is 1. The van der Waals surface area contributed by atoms with E-state index >= 15 is 0 Å². The monoisotopic (exact) mass is 208 g/mol. The van der Waals surface area contributed by atoms with Crippen molar-refractivity contribution in [3.8, 4) is 0 Å². The molecule has 1 amide bonds. The summed E-state index contributed by atoms with van der Waals surface area (Å²) in [5.41, 5.74) is 6.27. The Kier molecular flexibility index (Phi) is 2.05. The molecule has 0 spiro atoms. The second-order valence-corrected chi connectivity index (χ2v) is 3.76. The molecule has 0 aliphatic carbocycles. The summed E-state index contributed by atoms with van der Waals surface area (Å²) in [6.45, 7) is 1.44. The molecule has 2 rings (SSSR count). The predicted molar refractivity (Wildman–Crippen MR) is 56.1 cm³/mol. The van der Waals surface area contributed by atoms with Gasteiger partial charge in [0.05, 0.1) is 0 Å². The highest BCUT2D eigenvalue weighted by molar-refractivity contribution is 7.21. The molecule has 5 nitrogen and oxygen atoms in total. The van der Waals surface area contributed by atoms with E-state index in [4.69, 9.17) is 5.73 Å². The van der Waals surface area contributed by atoms with Crippen molar-refractivity contribution >= 4 is 38.5 Å². The molecule has 6 heteroatoms. The SMILES string of the molecule is CC(=O)Nc1ccc2nc(N)sc2n1. The summed E-state index contributed by atoms with van der Waals surface area (Å²) >= 11 is 1.30. The van der Waals surface area contributed by atoms with Gasteiger partial charge in [-0.1, -0.05) is 11.3 Å². The quantitative estimate of drug-likeness (QED) is 0.738. The summed E-state index contributed by atoms with van der Waals surface area (Å²) in [5.74, 6) is 0.378. The summed E-state index contributed by atoms with van der Waals surface area (Å²) in [6, 6.07) is 3.48. The van der Waals surface area contributed by atoms with E-state index < -0.39 is 0 Å². The van der Waals surface area contributed by atoms with Crippen LogP contribution in [-0.2, 0) is 4.79 Å². The zero-order chi connectivity index (χ0) is 10.1. The number of rotatable bonds is 1. The van der Waals surface area contributed by atoms with Gasteiger partial charge in [-0.25, -0.2) is 9.97 Å². The Hall–Kier alpha value is -1.69. The van der Waals surface area contributed by atoms with Crippen LogP contribution in [-0.4, -0.2) is 15.9 Å². The number of nitrogen functional groups attached to an aromatic ring is 1. The van der Waals surface area contributed by atoms with Crippen LogP contribution in [0.15, 0.2) is 12.1 Å². The van der Waals surface area contributed by atoms with Gasteiger partial charge in [0.1, 0.15) is 16.2 Å². The third-order valence-electron chi connectivity index (χ3n) is 1.58. The zero-order valence-electron chi connectivity index (χ0n) is 7.44. The van der Waals surface area contributed by atoms with Crippen molar-refractivity contribution in [3.05, 3.63) is 12.1 Å². The molecule has 0 aromatic carbocycles. The molecule has 0 saturated carbocycles. The number of hydrogen-bond acceptors (Lipinski definition) is 5. The standard InChI is InChI=1S/C8H8N4OS/c1-4(13)10-6-3-2-5-7(12-6)14-8(9)11-5/h2-3H,1H3,(H2,9,11)(H,10,12,13). The number of fused-ring (bicyclic) bond motifs is 1. The maximum atomic E-state index is 10.8. The molecule has 2 heterocycles. The van der Waals surface area contributed by atoms with E-state index in [-0.39, 0.29) is 5.91 Å². The zero-order valence-corrected chi connectivity index (χ0v) is 8.26. The van der Waals surface area contributed by atoms with Crippen molar-refractivity contribution in [2.24, 2.45) is 0 Å². The molecular weight excluding hydrogens is 200 g/mol. The minimum absolute atomic E-state index is 0.144. The number of nitrogens with one attached hydrogen (secondary N) is 1. The minimum Gasteiger partial charge on any atom is -0.375 e. The molecule has 0 saturated heterocycles. The molecule has 2 aromatic rings. The average molecular weight is 208 g/mol. The van der Waals surface area contributed by atoms with Crippen molar-refractivity contribution in [1.29, 1.82) is 0 Å². The van der Waals surface area contributed by atoms with Crippen molar-refractivity contribution in [2.75, 3.05) is 11.1 Å². The van der Waals surface area contributed by atoms with Crippen LogP contribution in [0.2, 0.25) is 0 Å². The minimum atomic E-state index is -0.144. The van der Waals surface area contributed by atoms with E-state index in [9.17, 15) is 4.79 Å². The first-order valence-corrected chi connectivity index (χ1v) is 4.77. The molecule has 72 valence electrons. The van der Waals surface area contributed by atoms with Crippen LogP contribution in [0.5, 0.6) is 0 Å². The molecule has 14 heavy (non-hydrogen) atoms. The van der Waals surface area contributed by atoms with Crippen molar-refractivity contribution in [1.82, 2.24) is 9.97 Å². The summed E-state index contributed by atoms with van der Waals surface area (Å²) in [5, 5.41) is 3.07. The predicted octanol–water partition coefficient (Wildman–Crippen LogP) is 1.23. The number of aromatic nitrogens is 2. The van der Waals surface area contributed by atoms with Gasteiger partial charge in [0.25, 0.3) is 0 Å². The Balaban J connectivity index is 2.45. The number of anilines is 2. The number of thiazole rings is 1. The summed E-state index contributed by atoms with van der Waals surface area (Å²) in [7, 11) is 0. The number of nitrogens with zero attached hydrogens (tertiary/aromatic N) is 2. The lowest BCUT2D eigenvalue weighted by Gasteiger charge is -1.98. The number of carbonyl (C=O) groups excluding carboxylic acids is 1.